The molecule has 0 fully saturated rings. The van der Waals surface area contributed by atoms with Gasteiger partial charge in [0, 0.05) is 13.2 Å². The van der Waals surface area contributed by atoms with Gasteiger partial charge < -0.3 is 16.2 Å². The molecule has 4 heteroatoms. The monoisotopic (exact) mass is 278 g/mol. The number of benzene rings is 1. The van der Waals surface area contributed by atoms with Gasteiger partial charge in [-0.3, -0.25) is 4.79 Å². The second-order valence-electron chi connectivity index (χ2n) is 6.01. The van der Waals surface area contributed by atoms with Gasteiger partial charge in [-0.2, -0.15) is 0 Å². The number of aliphatic hydroxyl groups is 1. The molecule has 20 heavy (non-hydrogen) atoms. The van der Waals surface area contributed by atoms with Crippen LogP contribution >= 0.6 is 0 Å². The van der Waals surface area contributed by atoms with Crippen LogP contribution in [0.15, 0.2) is 30.3 Å². The lowest BCUT2D eigenvalue weighted by Crippen LogP contribution is -2.45. The first kappa shape index (κ1) is 16.7. The van der Waals surface area contributed by atoms with Crippen molar-refractivity contribution in [2.75, 3.05) is 13.2 Å². The molecule has 1 rings (SSSR count). The minimum absolute atomic E-state index is 0.0230. The van der Waals surface area contributed by atoms with Crippen LogP contribution in [-0.2, 0) is 11.2 Å². The van der Waals surface area contributed by atoms with Gasteiger partial charge in [-0.15, -0.1) is 0 Å². The van der Waals surface area contributed by atoms with Gasteiger partial charge in [0.2, 0.25) is 5.91 Å². The zero-order valence-electron chi connectivity index (χ0n) is 12.4. The number of aliphatic hydroxyl groups excluding tert-OH is 1. The standard InChI is InChI=1S/C16H26N2O2/c1-16(2,9-6-10-19)12-18-15(20)14(17)11-13-7-4-3-5-8-13/h3-5,7-8,14,19H,6,9-12,17H2,1-2H3,(H,18,20)/t14-/m1/s1. The van der Waals surface area contributed by atoms with E-state index in [4.69, 9.17) is 10.8 Å². The van der Waals surface area contributed by atoms with Gasteiger partial charge >= 0.3 is 0 Å². The van der Waals surface area contributed by atoms with Crippen LogP contribution in [0.5, 0.6) is 0 Å². The smallest absolute Gasteiger partial charge is 0.237 e. The number of rotatable bonds is 8. The van der Waals surface area contributed by atoms with E-state index < -0.39 is 6.04 Å². The van der Waals surface area contributed by atoms with E-state index in [1.54, 1.807) is 0 Å². The highest BCUT2D eigenvalue weighted by Crippen LogP contribution is 2.20. The number of carbonyl (C=O) groups excluding carboxylic acids is 1. The quantitative estimate of drug-likeness (QED) is 0.674. The third kappa shape index (κ3) is 6.17. The normalized spacial score (nSPS) is 13.0. The Kier molecular flexibility index (Phi) is 6.68. The summed E-state index contributed by atoms with van der Waals surface area (Å²) in [5.74, 6) is -0.120. The van der Waals surface area contributed by atoms with Gasteiger partial charge in [0.1, 0.15) is 0 Å². The highest BCUT2D eigenvalue weighted by atomic mass is 16.2. The molecule has 112 valence electrons. The first-order chi connectivity index (χ1) is 9.44. The molecule has 0 bridgehead atoms. The second kappa shape index (κ2) is 8.02. The molecular formula is C16H26N2O2. The van der Waals surface area contributed by atoms with Crippen molar-refractivity contribution in [2.45, 2.75) is 39.2 Å². The Morgan fingerprint density at radius 3 is 2.60 bits per heavy atom. The molecule has 1 aromatic rings. The molecule has 1 aromatic carbocycles. The number of hydrogen-bond donors (Lipinski definition) is 3. The van der Waals surface area contributed by atoms with Crippen molar-refractivity contribution in [3.8, 4) is 0 Å². The predicted octanol–water partition coefficient (Wildman–Crippen LogP) is 1.47. The molecule has 0 aliphatic carbocycles. The van der Waals surface area contributed by atoms with Gasteiger partial charge in [-0.25, -0.2) is 0 Å². The van der Waals surface area contributed by atoms with E-state index in [-0.39, 0.29) is 17.9 Å². The second-order valence-corrected chi connectivity index (χ2v) is 6.01. The Labute approximate surface area is 121 Å². The number of carbonyl (C=O) groups is 1. The van der Waals surface area contributed by atoms with Crippen molar-refractivity contribution in [1.82, 2.24) is 5.32 Å². The number of amides is 1. The molecule has 0 unspecified atom stereocenters. The minimum atomic E-state index is -0.522. The molecule has 0 saturated carbocycles. The van der Waals surface area contributed by atoms with E-state index in [1.165, 1.54) is 0 Å². The Morgan fingerprint density at radius 1 is 1.35 bits per heavy atom. The summed E-state index contributed by atoms with van der Waals surface area (Å²) in [4.78, 5) is 12.0. The van der Waals surface area contributed by atoms with E-state index in [0.717, 1.165) is 18.4 Å². The Bertz CT molecular complexity index is 404. The summed E-state index contributed by atoms with van der Waals surface area (Å²) < 4.78 is 0. The molecule has 1 atom stereocenters. The number of hydrogen-bond acceptors (Lipinski definition) is 3. The zero-order valence-corrected chi connectivity index (χ0v) is 12.4. The van der Waals surface area contributed by atoms with Crippen molar-refractivity contribution in [3.05, 3.63) is 35.9 Å². The van der Waals surface area contributed by atoms with Gasteiger partial charge in [-0.1, -0.05) is 44.2 Å². The lowest BCUT2D eigenvalue weighted by molar-refractivity contribution is -0.122. The summed E-state index contributed by atoms with van der Waals surface area (Å²) in [6.45, 7) is 4.91. The first-order valence-corrected chi connectivity index (χ1v) is 7.13. The zero-order chi connectivity index (χ0) is 15.0. The SMILES string of the molecule is CC(C)(CCCO)CNC(=O)[C@H](N)Cc1ccccc1. The summed E-state index contributed by atoms with van der Waals surface area (Å²) >= 11 is 0. The molecule has 0 saturated heterocycles. The van der Waals surface area contributed by atoms with E-state index in [1.807, 2.05) is 30.3 Å². The maximum absolute atomic E-state index is 12.0. The third-order valence-electron chi connectivity index (χ3n) is 3.39. The Hall–Kier alpha value is -1.39. The van der Waals surface area contributed by atoms with Crippen LogP contribution in [0.4, 0.5) is 0 Å². The summed E-state index contributed by atoms with van der Waals surface area (Å²) in [6, 6.07) is 9.25. The van der Waals surface area contributed by atoms with E-state index in [9.17, 15) is 4.79 Å². The van der Waals surface area contributed by atoms with Crippen molar-refractivity contribution >= 4 is 5.91 Å². The summed E-state index contributed by atoms with van der Waals surface area (Å²) in [5, 5.41) is 11.8. The van der Waals surface area contributed by atoms with Crippen LogP contribution in [0.3, 0.4) is 0 Å². The molecule has 0 aliphatic rings. The molecule has 0 aliphatic heterocycles. The van der Waals surface area contributed by atoms with Crippen LogP contribution in [0, 0.1) is 5.41 Å². The fourth-order valence-corrected chi connectivity index (χ4v) is 2.06. The third-order valence-corrected chi connectivity index (χ3v) is 3.39. The summed E-state index contributed by atoms with van der Waals surface area (Å²) in [5.41, 5.74) is 6.97. The van der Waals surface area contributed by atoms with Crippen molar-refractivity contribution in [2.24, 2.45) is 11.1 Å². The van der Waals surface area contributed by atoms with Gasteiger partial charge in [-0.05, 0) is 30.2 Å². The van der Waals surface area contributed by atoms with Crippen LogP contribution in [0.25, 0.3) is 0 Å². The van der Waals surface area contributed by atoms with Gasteiger partial charge in [0.05, 0.1) is 6.04 Å². The van der Waals surface area contributed by atoms with E-state index in [2.05, 4.69) is 19.2 Å². The topological polar surface area (TPSA) is 75.3 Å². The van der Waals surface area contributed by atoms with Crippen molar-refractivity contribution in [3.63, 3.8) is 0 Å². The van der Waals surface area contributed by atoms with Crippen LogP contribution in [0.2, 0.25) is 0 Å². The molecule has 0 radical (unpaired) electrons. The van der Waals surface area contributed by atoms with Crippen LogP contribution in [0.1, 0.15) is 32.3 Å². The van der Waals surface area contributed by atoms with Crippen molar-refractivity contribution in [1.29, 1.82) is 0 Å². The molecule has 0 heterocycles. The maximum Gasteiger partial charge on any atom is 0.237 e. The molecule has 0 spiro atoms. The van der Waals surface area contributed by atoms with Crippen LogP contribution < -0.4 is 11.1 Å². The lowest BCUT2D eigenvalue weighted by Gasteiger charge is -2.25. The highest BCUT2D eigenvalue weighted by Gasteiger charge is 2.20. The molecule has 4 N–H and O–H groups in total. The summed E-state index contributed by atoms with van der Waals surface area (Å²) in [7, 11) is 0. The molecule has 0 aromatic heterocycles. The average Bonchev–Trinajstić information content (AvgIpc) is 2.44. The predicted molar refractivity (Wildman–Crippen MR) is 81.2 cm³/mol. The van der Waals surface area contributed by atoms with Gasteiger partial charge in [0.15, 0.2) is 0 Å². The molecule has 4 nitrogen and oxygen atoms in total. The highest BCUT2D eigenvalue weighted by molar-refractivity contribution is 5.81. The average molecular weight is 278 g/mol. The summed E-state index contributed by atoms with van der Waals surface area (Å²) in [6.07, 6.45) is 2.17. The fraction of sp³-hybridized carbons (Fsp3) is 0.562. The Morgan fingerprint density at radius 2 is 2.00 bits per heavy atom. The number of nitrogens with one attached hydrogen (secondary N) is 1. The maximum atomic E-state index is 12.0. The van der Waals surface area contributed by atoms with Crippen molar-refractivity contribution < 1.29 is 9.90 Å². The minimum Gasteiger partial charge on any atom is -0.396 e. The largest absolute Gasteiger partial charge is 0.396 e. The number of nitrogens with two attached hydrogens (primary N) is 1. The van der Waals surface area contributed by atoms with E-state index in [0.29, 0.717) is 13.0 Å². The Balaban J connectivity index is 2.38. The lowest BCUT2D eigenvalue weighted by atomic mass is 9.88. The fourth-order valence-electron chi connectivity index (χ4n) is 2.06. The molecule has 1 amide bonds. The van der Waals surface area contributed by atoms with Gasteiger partial charge in [0.25, 0.3) is 0 Å². The molecular weight excluding hydrogens is 252 g/mol. The van der Waals surface area contributed by atoms with E-state index >= 15 is 0 Å². The van der Waals surface area contributed by atoms with Crippen LogP contribution in [-0.4, -0.2) is 30.2 Å². The first-order valence-electron chi connectivity index (χ1n) is 7.13.